The van der Waals surface area contributed by atoms with Crippen molar-refractivity contribution in [2.45, 2.75) is 63.7 Å². The molecule has 0 saturated heterocycles. The first-order valence-electron chi connectivity index (χ1n) is 7.73. The van der Waals surface area contributed by atoms with Crippen molar-refractivity contribution in [1.82, 2.24) is 9.88 Å². The van der Waals surface area contributed by atoms with Crippen LogP contribution in [0.3, 0.4) is 0 Å². The summed E-state index contributed by atoms with van der Waals surface area (Å²) >= 11 is 1.51. The molecule has 1 fully saturated rings. The molecular formula is C15H24N4OS. The number of hydrogen-bond acceptors (Lipinski definition) is 6. The Morgan fingerprint density at radius 1 is 1.52 bits per heavy atom. The Balaban J connectivity index is 1.84. The number of fused-ring (bicyclic) bond motifs is 1. The zero-order valence-corrected chi connectivity index (χ0v) is 13.6. The molecule has 6 heteroatoms. The molecule has 1 saturated carbocycles. The molecule has 0 aromatic carbocycles. The van der Waals surface area contributed by atoms with Gasteiger partial charge < -0.3 is 11.5 Å². The summed E-state index contributed by atoms with van der Waals surface area (Å²) < 4.78 is 0. The van der Waals surface area contributed by atoms with Gasteiger partial charge in [-0.05, 0) is 33.1 Å². The molecule has 116 valence electrons. The molecule has 2 aliphatic rings. The van der Waals surface area contributed by atoms with Crippen LogP contribution in [0.1, 0.15) is 53.5 Å². The fourth-order valence-corrected chi connectivity index (χ4v) is 4.46. The minimum absolute atomic E-state index is 0.0528. The van der Waals surface area contributed by atoms with E-state index in [1.165, 1.54) is 16.2 Å². The molecule has 5 nitrogen and oxygen atoms in total. The van der Waals surface area contributed by atoms with Gasteiger partial charge in [-0.3, -0.25) is 9.69 Å². The van der Waals surface area contributed by atoms with Gasteiger partial charge in [-0.25, -0.2) is 4.98 Å². The Hall–Kier alpha value is -0.820. The maximum Gasteiger partial charge on any atom is 0.212 e. The Morgan fingerprint density at radius 2 is 2.29 bits per heavy atom. The zero-order chi connectivity index (χ0) is 15.2. The normalized spacial score (nSPS) is 29.9. The van der Waals surface area contributed by atoms with Gasteiger partial charge in [-0.1, -0.05) is 0 Å². The predicted octanol–water partition coefficient (Wildman–Crippen LogP) is 1.30. The van der Waals surface area contributed by atoms with Gasteiger partial charge >= 0.3 is 0 Å². The molecule has 3 rings (SSSR count). The first-order valence-corrected chi connectivity index (χ1v) is 8.55. The van der Waals surface area contributed by atoms with Crippen LogP contribution < -0.4 is 11.5 Å². The first kappa shape index (κ1) is 15.1. The van der Waals surface area contributed by atoms with E-state index in [4.69, 9.17) is 11.5 Å². The van der Waals surface area contributed by atoms with Crippen LogP contribution in [-0.2, 0) is 13.0 Å². The third kappa shape index (κ3) is 2.54. The van der Waals surface area contributed by atoms with Crippen LogP contribution in [-0.4, -0.2) is 39.8 Å². The van der Waals surface area contributed by atoms with E-state index in [0.717, 1.165) is 38.0 Å². The quantitative estimate of drug-likeness (QED) is 0.822. The van der Waals surface area contributed by atoms with E-state index in [-0.39, 0.29) is 11.8 Å². The molecule has 2 unspecified atom stereocenters. The Bertz CT molecular complexity index is 556. The number of rotatable bonds is 3. The molecule has 2 atom stereocenters. The smallest absolute Gasteiger partial charge is 0.212 e. The summed E-state index contributed by atoms with van der Waals surface area (Å²) in [6.45, 7) is 6.30. The van der Waals surface area contributed by atoms with Crippen LogP contribution in [0.5, 0.6) is 0 Å². The lowest BCUT2D eigenvalue weighted by molar-refractivity contribution is 0.0879. The predicted molar refractivity (Wildman–Crippen MR) is 84.4 cm³/mol. The second kappa shape index (κ2) is 5.43. The van der Waals surface area contributed by atoms with Crippen molar-refractivity contribution < 1.29 is 4.79 Å². The van der Waals surface area contributed by atoms with Gasteiger partial charge in [0.2, 0.25) is 5.78 Å². The maximum absolute atomic E-state index is 12.7. The molecule has 2 heterocycles. The van der Waals surface area contributed by atoms with Gasteiger partial charge in [0.25, 0.3) is 0 Å². The topological polar surface area (TPSA) is 85.2 Å². The average molecular weight is 308 g/mol. The van der Waals surface area contributed by atoms with E-state index >= 15 is 0 Å². The summed E-state index contributed by atoms with van der Waals surface area (Å²) in [6.07, 6.45) is 3.35. The molecular weight excluding hydrogens is 284 g/mol. The Morgan fingerprint density at radius 3 is 2.90 bits per heavy atom. The monoisotopic (exact) mass is 308 g/mol. The minimum atomic E-state index is -0.905. The number of carbonyl (C=O) groups is 1. The Kier molecular flexibility index (Phi) is 3.90. The summed E-state index contributed by atoms with van der Waals surface area (Å²) in [5, 5.41) is 0.561. The van der Waals surface area contributed by atoms with Crippen LogP contribution in [0, 0.1) is 0 Å². The number of ketones is 1. The summed E-state index contributed by atoms with van der Waals surface area (Å²) in [7, 11) is 0. The lowest BCUT2D eigenvalue weighted by atomic mass is 9.90. The third-order valence-electron chi connectivity index (χ3n) is 4.88. The van der Waals surface area contributed by atoms with E-state index in [9.17, 15) is 4.79 Å². The lowest BCUT2D eigenvalue weighted by Gasteiger charge is -2.29. The van der Waals surface area contributed by atoms with E-state index in [0.29, 0.717) is 17.5 Å². The van der Waals surface area contributed by atoms with E-state index in [2.05, 4.69) is 23.7 Å². The van der Waals surface area contributed by atoms with Crippen molar-refractivity contribution in [3.8, 4) is 0 Å². The minimum Gasteiger partial charge on any atom is -0.326 e. The van der Waals surface area contributed by atoms with Gasteiger partial charge in [0.15, 0.2) is 5.01 Å². The highest BCUT2D eigenvalue weighted by Gasteiger charge is 2.45. The third-order valence-corrected chi connectivity index (χ3v) is 5.96. The fourth-order valence-electron chi connectivity index (χ4n) is 3.29. The lowest BCUT2D eigenvalue weighted by Crippen LogP contribution is -2.57. The van der Waals surface area contributed by atoms with Crippen molar-refractivity contribution in [2.75, 3.05) is 6.54 Å². The summed E-state index contributed by atoms with van der Waals surface area (Å²) in [4.78, 5) is 20.9. The maximum atomic E-state index is 12.7. The van der Waals surface area contributed by atoms with Gasteiger partial charge in [0, 0.05) is 36.5 Å². The SMILES string of the molecule is CC(C)N1CCc2nc(C(=O)C3(N)CCCC3N)sc2C1. The number of nitrogens with zero attached hydrogens (tertiary/aromatic N) is 2. The molecule has 0 amide bonds. The standard InChI is InChI=1S/C15H24N4OS/c1-9(2)19-7-5-10-11(8-19)21-14(18-10)13(20)15(17)6-3-4-12(15)16/h9,12H,3-8,16-17H2,1-2H3. The van der Waals surface area contributed by atoms with E-state index in [1.807, 2.05) is 0 Å². The Labute approximate surface area is 129 Å². The number of carbonyl (C=O) groups excluding carboxylic acids is 1. The summed E-state index contributed by atoms with van der Waals surface area (Å²) in [6, 6.07) is 0.279. The van der Waals surface area contributed by atoms with Gasteiger partial charge in [0.1, 0.15) is 0 Å². The number of thiazole rings is 1. The molecule has 1 aliphatic heterocycles. The van der Waals surface area contributed by atoms with Crippen molar-refractivity contribution in [2.24, 2.45) is 11.5 Å². The molecule has 4 N–H and O–H groups in total. The molecule has 1 aromatic heterocycles. The highest BCUT2D eigenvalue weighted by molar-refractivity contribution is 7.13. The molecule has 0 bridgehead atoms. The van der Waals surface area contributed by atoms with Crippen molar-refractivity contribution in [3.05, 3.63) is 15.6 Å². The van der Waals surface area contributed by atoms with Crippen molar-refractivity contribution in [3.63, 3.8) is 0 Å². The van der Waals surface area contributed by atoms with Crippen molar-refractivity contribution >= 4 is 17.1 Å². The number of nitrogens with two attached hydrogens (primary N) is 2. The fraction of sp³-hybridized carbons (Fsp3) is 0.733. The highest BCUT2D eigenvalue weighted by Crippen LogP contribution is 2.33. The van der Waals surface area contributed by atoms with Crippen LogP contribution in [0.2, 0.25) is 0 Å². The molecule has 1 aliphatic carbocycles. The largest absolute Gasteiger partial charge is 0.326 e. The number of hydrogen-bond donors (Lipinski definition) is 2. The molecule has 0 radical (unpaired) electrons. The zero-order valence-electron chi connectivity index (χ0n) is 12.8. The molecule has 21 heavy (non-hydrogen) atoms. The second-order valence-electron chi connectivity index (χ2n) is 6.57. The average Bonchev–Trinajstić information content (AvgIpc) is 3.02. The molecule has 0 spiro atoms. The van der Waals surface area contributed by atoms with E-state index in [1.54, 1.807) is 0 Å². The summed E-state index contributed by atoms with van der Waals surface area (Å²) in [5.41, 5.74) is 12.5. The van der Waals surface area contributed by atoms with Gasteiger partial charge in [-0.15, -0.1) is 11.3 Å². The van der Waals surface area contributed by atoms with Gasteiger partial charge in [0.05, 0.1) is 11.2 Å². The summed E-state index contributed by atoms with van der Waals surface area (Å²) in [5.74, 6) is -0.0528. The van der Waals surface area contributed by atoms with Crippen molar-refractivity contribution in [1.29, 1.82) is 0 Å². The first-order chi connectivity index (χ1) is 9.91. The van der Waals surface area contributed by atoms with Crippen LogP contribution >= 0.6 is 11.3 Å². The molecule has 1 aromatic rings. The van der Waals surface area contributed by atoms with Crippen LogP contribution in [0.25, 0.3) is 0 Å². The number of aromatic nitrogens is 1. The number of Topliss-reactive ketones (excluding diaryl/α,β-unsaturated/α-hetero) is 1. The highest BCUT2D eigenvalue weighted by atomic mass is 32.1. The van der Waals surface area contributed by atoms with Crippen LogP contribution in [0.4, 0.5) is 0 Å². The van der Waals surface area contributed by atoms with Gasteiger partial charge in [-0.2, -0.15) is 0 Å². The van der Waals surface area contributed by atoms with E-state index < -0.39 is 5.54 Å². The second-order valence-corrected chi connectivity index (χ2v) is 7.65. The van der Waals surface area contributed by atoms with Crippen LogP contribution in [0.15, 0.2) is 0 Å².